The highest BCUT2D eigenvalue weighted by Crippen LogP contribution is 2.24. The third-order valence-corrected chi connectivity index (χ3v) is 2.69. The summed E-state index contributed by atoms with van der Waals surface area (Å²) in [5.41, 5.74) is 6.33. The number of benzene rings is 1. The van der Waals surface area contributed by atoms with Crippen molar-refractivity contribution >= 4 is 5.91 Å². The number of rotatable bonds is 1. The Kier molecular flexibility index (Phi) is 2.68. The minimum Gasteiger partial charge on any atom is -0.348 e. The summed E-state index contributed by atoms with van der Waals surface area (Å²) in [6.07, 6.45) is 1.02. The largest absolute Gasteiger partial charge is 0.348 e. The van der Waals surface area contributed by atoms with E-state index >= 15 is 0 Å². The zero-order chi connectivity index (χ0) is 10.8. The second kappa shape index (κ2) is 3.98. The Morgan fingerprint density at radius 2 is 2.13 bits per heavy atom. The van der Waals surface area contributed by atoms with Crippen LogP contribution >= 0.6 is 0 Å². The Morgan fingerprint density at radius 3 is 2.87 bits per heavy atom. The lowest BCUT2D eigenvalue weighted by Gasteiger charge is -2.30. The van der Waals surface area contributed by atoms with E-state index in [-0.39, 0.29) is 17.8 Å². The second-order valence-corrected chi connectivity index (χ2v) is 3.77. The van der Waals surface area contributed by atoms with Crippen LogP contribution in [0, 0.1) is 5.82 Å². The van der Waals surface area contributed by atoms with Crippen molar-refractivity contribution in [2.45, 2.75) is 24.9 Å². The fourth-order valence-electron chi connectivity index (χ4n) is 1.85. The molecule has 1 saturated heterocycles. The SMILES string of the molecule is NC1CCC(=O)NC1c1ccccc1F. The molecule has 2 rings (SSSR count). The molecule has 2 atom stereocenters. The van der Waals surface area contributed by atoms with Gasteiger partial charge < -0.3 is 11.1 Å². The standard InChI is InChI=1S/C11H13FN2O/c12-8-4-2-1-3-7(8)11-9(13)5-6-10(15)14-11/h1-4,9,11H,5-6,13H2,(H,14,15). The number of carbonyl (C=O) groups is 1. The van der Waals surface area contributed by atoms with Gasteiger partial charge in [0, 0.05) is 18.0 Å². The average molecular weight is 208 g/mol. The normalized spacial score (nSPS) is 26.1. The van der Waals surface area contributed by atoms with E-state index < -0.39 is 6.04 Å². The van der Waals surface area contributed by atoms with E-state index in [1.165, 1.54) is 6.07 Å². The molecule has 1 aliphatic rings. The molecule has 3 nitrogen and oxygen atoms in total. The van der Waals surface area contributed by atoms with E-state index in [4.69, 9.17) is 5.73 Å². The predicted octanol–water partition coefficient (Wildman–Crippen LogP) is 1.10. The number of piperidine rings is 1. The van der Waals surface area contributed by atoms with Crippen LogP contribution < -0.4 is 11.1 Å². The molecule has 0 aromatic heterocycles. The molecule has 1 heterocycles. The number of amides is 1. The third kappa shape index (κ3) is 1.99. The molecule has 2 unspecified atom stereocenters. The van der Waals surface area contributed by atoms with Crippen molar-refractivity contribution in [1.29, 1.82) is 0 Å². The minimum absolute atomic E-state index is 0.0649. The number of carbonyl (C=O) groups excluding carboxylic acids is 1. The van der Waals surface area contributed by atoms with E-state index in [2.05, 4.69) is 5.32 Å². The predicted molar refractivity (Wildman–Crippen MR) is 54.5 cm³/mol. The van der Waals surface area contributed by atoms with Crippen LogP contribution in [0.15, 0.2) is 24.3 Å². The quantitative estimate of drug-likeness (QED) is 0.726. The fraction of sp³-hybridized carbons (Fsp3) is 0.364. The maximum atomic E-state index is 13.5. The van der Waals surface area contributed by atoms with Crippen molar-refractivity contribution in [3.63, 3.8) is 0 Å². The maximum absolute atomic E-state index is 13.5. The first kappa shape index (κ1) is 10.1. The van der Waals surface area contributed by atoms with E-state index in [0.717, 1.165) is 0 Å². The molecule has 4 heteroatoms. The second-order valence-electron chi connectivity index (χ2n) is 3.77. The highest BCUT2D eigenvalue weighted by Gasteiger charge is 2.28. The molecule has 3 N–H and O–H groups in total. The van der Waals surface area contributed by atoms with Crippen molar-refractivity contribution in [1.82, 2.24) is 5.32 Å². The van der Waals surface area contributed by atoms with Crippen LogP contribution in [-0.4, -0.2) is 11.9 Å². The van der Waals surface area contributed by atoms with Crippen molar-refractivity contribution in [3.8, 4) is 0 Å². The van der Waals surface area contributed by atoms with Crippen molar-refractivity contribution in [2.24, 2.45) is 5.73 Å². The summed E-state index contributed by atoms with van der Waals surface area (Å²) in [5.74, 6) is -0.384. The summed E-state index contributed by atoms with van der Waals surface area (Å²) in [5, 5.41) is 2.72. The number of nitrogens with one attached hydrogen (secondary N) is 1. The summed E-state index contributed by atoms with van der Waals surface area (Å²) in [4.78, 5) is 11.2. The minimum atomic E-state index is -0.396. The molecule has 1 aromatic rings. The van der Waals surface area contributed by atoms with Gasteiger partial charge in [-0.05, 0) is 12.5 Å². The average Bonchev–Trinajstić information content (AvgIpc) is 2.23. The van der Waals surface area contributed by atoms with E-state index in [1.54, 1.807) is 18.2 Å². The lowest BCUT2D eigenvalue weighted by Crippen LogP contribution is -2.46. The zero-order valence-electron chi connectivity index (χ0n) is 8.24. The molecular formula is C11H13FN2O. The van der Waals surface area contributed by atoms with Gasteiger partial charge in [-0.3, -0.25) is 4.79 Å². The molecule has 0 bridgehead atoms. The van der Waals surface area contributed by atoms with E-state index in [0.29, 0.717) is 18.4 Å². The Hall–Kier alpha value is -1.42. The highest BCUT2D eigenvalue weighted by atomic mass is 19.1. The first-order valence-electron chi connectivity index (χ1n) is 4.98. The Bertz CT molecular complexity index is 381. The van der Waals surface area contributed by atoms with E-state index in [1.807, 2.05) is 0 Å². The zero-order valence-corrected chi connectivity index (χ0v) is 8.24. The van der Waals surface area contributed by atoms with Crippen molar-refractivity contribution in [2.75, 3.05) is 0 Å². The summed E-state index contributed by atoms with van der Waals surface area (Å²) in [7, 11) is 0. The summed E-state index contributed by atoms with van der Waals surface area (Å²) in [6.45, 7) is 0. The van der Waals surface area contributed by atoms with Gasteiger partial charge in [0.05, 0.1) is 6.04 Å². The first-order valence-corrected chi connectivity index (χ1v) is 4.98. The van der Waals surface area contributed by atoms with E-state index in [9.17, 15) is 9.18 Å². The molecule has 0 radical (unpaired) electrons. The number of halogens is 1. The summed E-state index contributed by atoms with van der Waals surface area (Å²) < 4.78 is 13.5. The van der Waals surface area contributed by atoms with Crippen LogP contribution in [0.4, 0.5) is 4.39 Å². The molecule has 1 aliphatic heterocycles. The molecule has 1 fully saturated rings. The molecule has 0 aliphatic carbocycles. The molecule has 1 amide bonds. The molecule has 0 spiro atoms. The van der Waals surface area contributed by atoms with Crippen molar-refractivity contribution in [3.05, 3.63) is 35.6 Å². The Morgan fingerprint density at radius 1 is 1.40 bits per heavy atom. The van der Waals surface area contributed by atoms with Crippen molar-refractivity contribution < 1.29 is 9.18 Å². The van der Waals surface area contributed by atoms with Crippen LogP contribution in [0.1, 0.15) is 24.4 Å². The molecular weight excluding hydrogens is 195 g/mol. The third-order valence-electron chi connectivity index (χ3n) is 2.69. The van der Waals surface area contributed by atoms with Gasteiger partial charge in [0.1, 0.15) is 5.82 Å². The molecule has 0 saturated carbocycles. The smallest absolute Gasteiger partial charge is 0.220 e. The fourth-order valence-corrected chi connectivity index (χ4v) is 1.85. The monoisotopic (exact) mass is 208 g/mol. The summed E-state index contributed by atoms with van der Waals surface area (Å²) in [6, 6.07) is 5.79. The van der Waals surface area contributed by atoms with Crippen LogP contribution in [0.25, 0.3) is 0 Å². The summed E-state index contributed by atoms with van der Waals surface area (Å²) >= 11 is 0. The van der Waals surface area contributed by atoms with Crippen LogP contribution in [0.3, 0.4) is 0 Å². The van der Waals surface area contributed by atoms with Gasteiger partial charge in [-0.15, -0.1) is 0 Å². The number of nitrogens with two attached hydrogens (primary N) is 1. The maximum Gasteiger partial charge on any atom is 0.220 e. The highest BCUT2D eigenvalue weighted by molar-refractivity contribution is 5.77. The van der Waals surface area contributed by atoms with Crippen LogP contribution in [0.5, 0.6) is 0 Å². The van der Waals surface area contributed by atoms with Gasteiger partial charge in [0.2, 0.25) is 5.91 Å². The lowest BCUT2D eigenvalue weighted by atomic mass is 9.92. The van der Waals surface area contributed by atoms with Crippen LogP contribution in [0.2, 0.25) is 0 Å². The Labute approximate surface area is 87.5 Å². The molecule has 1 aromatic carbocycles. The number of hydrogen-bond acceptors (Lipinski definition) is 2. The first-order chi connectivity index (χ1) is 7.18. The molecule has 80 valence electrons. The van der Waals surface area contributed by atoms with Gasteiger partial charge in [0.15, 0.2) is 0 Å². The lowest BCUT2D eigenvalue weighted by molar-refractivity contribution is -0.123. The van der Waals surface area contributed by atoms with Gasteiger partial charge >= 0.3 is 0 Å². The Balaban J connectivity index is 2.29. The van der Waals surface area contributed by atoms with Gasteiger partial charge in [-0.1, -0.05) is 18.2 Å². The topological polar surface area (TPSA) is 55.1 Å². The molecule has 15 heavy (non-hydrogen) atoms. The number of hydrogen-bond donors (Lipinski definition) is 2. The van der Waals surface area contributed by atoms with Gasteiger partial charge in [-0.25, -0.2) is 4.39 Å². The van der Waals surface area contributed by atoms with Crippen LogP contribution in [-0.2, 0) is 4.79 Å². The van der Waals surface area contributed by atoms with Gasteiger partial charge in [0.25, 0.3) is 0 Å². The van der Waals surface area contributed by atoms with Gasteiger partial charge in [-0.2, -0.15) is 0 Å².